The maximum Gasteiger partial charge on any atom is 0.133 e. The number of halogens is 1. The van der Waals surface area contributed by atoms with Gasteiger partial charge in [-0.3, -0.25) is 0 Å². The summed E-state index contributed by atoms with van der Waals surface area (Å²) in [6.45, 7) is 8.95. The molecular weight excluding hydrogens is 302 g/mol. The number of anilines is 1. The zero-order valence-electron chi connectivity index (χ0n) is 13.0. The number of rotatable bonds is 6. The van der Waals surface area contributed by atoms with Gasteiger partial charge in [0.25, 0.3) is 0 Å². The molecule has 3 nitrogen and oxygen atoms in total. The van der Waals surface area contributed by atoms with Crippen LogP contribution in [0.2, 0.25) is 4.34 Å². The lowest BCUT2D eigenvalue weighted by atomic mass is 10.1. The van der Waals surface area contributed by atoms with Gasteiger partial charge in [-0.05, 0) is 44.2 Å². The zero-order chi connectivity index (χ0) is 15.4. The van der Waals surface area contributed by atoms with Crippen LogP contribution in [-0.4, -0.2) is 18.6 Å². The van der Waals surface area contributed by atoms with Gasteiger partial charge in [-0.15, -0.1) is 11.3 Å². The molecule has 0 aromatic carbocycles. The van der Waals surface area contributed by atoms with Crippen molar-refractivity contribution in [1.82, 2.24) is 10.3 Å². The smallest absolute Gasteiger partial charge is 0.133 e. The summed E-state index contributed by atoms with van der Waals surface area (Å²) in [5, 5.41) is 3.40. The van der Waals surface area contributed by atoms with Crippen LogP contribution in [0, 0.1) is 13.8 Å². The molecule has 0 aliphatic rings. The molecule has 0 atom stereocenters. The van der Waals surface area contributed by atoms with Crippen molar-refractivity contribution in [3.05, 3.63) is 44.2 Å². The monoisotopic (exact) mass is 323 g/mol. The lowest BCUT2D eigenvalue weighted by molar-refractivity contribution is 0.715. The molecule has 0 saturated heterocycles. The molecule has 0 fully saturated rings. The van der Waals surface area contributed by atoms with Gasteiger partial charge in [-0.1, -0.05) is 18.5 Å². The number of hydrogen-bond donors (Lipinski definition) is 1. The van der Waals surface area contributed by atoms with Gasteiger partial charge in [-0.2, -0.15) is 0 Å². The summed E-state index contributed by atoms with van der Waals surface area (Å²) in [4.78, 5) is 8.20. The summed E-state index contributed by atoms with van der Waals surface area (Å²) in [6, 6.07) is 6.17. The van der Waals surface area contributed by atoms with Gasteiger partial charge in [-0.25, -0.2) is 4.98 Å². The molecule has 2 aromatic heterocycles. The molecule has 0 aliphatic carbocycles. The van der Waals surface area contributed by atoms with Gasteiger partial charge in [0.05, 0.1) is 10.9 Å². The minimum Gasteiger partial charge on any atom is -0.354 e. The molecule has 0 spiro atoms. The standard InChI is InChI=1S/C16H22ClN3S/c1-5-18-9-14-11(2)8-12(3)19-16(14)20(4)10-13-6-7-15(17)21-13/h6-8,18H,5,9-10H2,1-4H3. The topological polar surface area (TPSA) is 28.2 Å². The molecule has 1 N–H and O–H groups in total. The first-order chi connectivity index (χ1) is 10.0. The third kappa shape index (κ3) is 4.19. The van der Waals surface area contributed by atoms with E-state index in [0.29, 0.717) is 0 Å². The number of nitrogens with one attached hydrogen (secondary N) is 1. The minimum atomic E-state index is 0.826. The minimum absolute atomic E-state index is 0.826. The number of hydrogen-bond acceptors (Lipinski definition) is 4. The van der Waals surface area contributed by atoms with Crippen molar-refractivity contribution >= 4 is 28.8 Å². The van der Waals surface area contributed by atoms with E-state index in [-0.39, 0.29) is 0 Å². The second-order valence-electron chi connectivity index (χ2n) is 5.22. The first-order valence-corrected chi connectivity index (χ1v) is 8.34. The van der Waals surface area contributed by atoms with Crippen molar-refractivity contribution in [2.75, 3.05) is 18.5 Å². The van der Waals surface area contributed by atoms with Gasteiger partial charge in [0, 0.05) is 29.7 Å². The molecular formula is C16H22ClN3S. The van der Waals surface area contributed by atoms with E-state index in [1.807, 2.05) is 13.0 Å². The predicted molar refractivity (Wildman–Crippen MR) is 92.5 cm³/mol. The average molecular weight is 324 g/mol. The summed E-state index contributed by atoms with van der Waals surface area (Å²) < 4.78 is 0.833. The fourth-order valence-corrected chi connectivity index (χ4v) is 3.51. The fraction of sp³-hybridized carbons (Fsp3) is 0.438. The van der Waals surface area contributed by atoms with E-state index < -0.39 is 0 Å². The molecule has 5 heteroatoms. The number of thiophene rings is 1. The van der Waals surface area contributed by atoms with Crippen LogP contribution >= 0.6 is 22.9 Å². The second-order valence-corrected chi connectivity index (χ2v) is 7.02. The predicted octanol–water partition coefficient (Wildman–Crippen LogP) is 4.16. The van der Waals surface area contributed by atoms with Crippen molar-refractivity contribution in [1.29, 1.82) is 0 Å². The Labute approximate surface area is 136 Å². The Hall–Kier alpha value is -1.10. The van der Waals surface area contributed by atoms with Gasteiger partial charge >= 0.3 is 0 Å². The highest BCUT2D eigenvalue weighted by Crippen LogP contribution is 2.26. The first kappa shape index (κ1) is 16.3. The van der Waals surface area contributed by atoms with E-state index in [1.54, 1.807) is 11.3 Å². The maximum atomic E-state index is 6.01. The number of aryl methyl sites for hydroxylation is 2. The Balaban J connectivity index is 2.27. The van der Waals surface area contributed by atoms with E-state index in [4.69, 9.17) is 16.6 Å². The van der Waals surface area contributed by atoms with E-state index in [9.17, 15) is 0 Å². The highest BCUT2D eigenvalue weighted by molar-refractivity contribution is 7.16. The molecule has 0 saturated carbocycles. The quantitative estimate of drug-likeness (QED) is 0.865. The zero-order valence-corrected chi connectivity index (χ0v) is 14.6. The number of nitrogens with zero attached hydrogens (tertiary/aromatic N) is 2. The third-order valence-corrected chi connectivity index (χ3v) is 4.60. The Morgan fingerprint density at radius 2 is 2.10 bits per heavy atom. The molecule has 0 unspecified atom stereocenters. The van der Waals surface area contributed by atoms with Gasteiger partial charge < -0.3 is 10.2 Å². The van der Waals surface area contributed by atoms with Crippen molar-refractivity contribution < 1.29 is 0 Å². The van der Waals surface area contributed by atoms with Gasteiger partial charge in [0.15, 0.2) is 0 Å². The summed E-state index contributed by atoms with van der Waals surface area (Å²) >= 11 is 7.64. The van der Waals surface area contributed by atoms with Crippen molar-refractivity contribution in [2.24, 2.45) is 0 Å². The fourth-order valence-electron chi connectivity index (χ4n) is 2.37. The molecule has 0 aliphatic heterocycles. The highest BCUT2D eigenvalue weighted by atomic mass is 35.5. The van der Waals surface area contributed by atoms with E-state index >= 15 is 0 Å². The van der Waals surface area contributed by atoms with Crippen molar-refractivity contribution in [3.63, 3.8) is 0 Å². The first-order valence-electron chi connectivity index (χ1n) is 7.14. The lowest BCUT2D eigenvalue weighted by Gasteiger charge is -2.23. The molecule has 2 rings (SSSR count). The van der Waals surface area contributed by atoms with E-state index in [1.165, 1.54) is 16.0 Å². The summed E-state index contributed by atoms with van der Waals surface area (Å²) in [6.07, 6.45) is 0. The molecule has 0 bridgehead atoms. The second kappa shape index (κ2) is 7.25. The molecule has 2 heterocycles. The van der Waals surface area contributed by atoms with Crippen LogP contribution in [0.1, 0.15) is 28.6 Å². The summed E-state index contributed by atoms with van der Waals surface area (Å²) in [7, 11) is 2.09. The summed E-state index contributed by atoms with van der Waals surface area (Å²) in [5.74, 6) is 1.05. The largest absolute Gasteiger partial charge is 0.354 e. The number of pyridine rings is 1. The average Bonchev–Trinajstić information content (AvgIpc) is 2.82. The van der Waals surface area contributed by atoms with Crippen LogP contribution in [0.3, 0.4) is 0 Å². The maximum absolute atomic E-state index is 6.01. The number of aromatic nitrogens is 1. The van der Waals surface area contributed by atoms with Crippen LogP contribution in [0.4, 0.5) is 5.82 Å². The Kier molecular flexibility index (Phi) is 5.62. The normalized spacial score (nSPS) is 10.9. The molecule has 0 radical (unpaired) electrons. The van der Waals surface area contributed by atoms with Crippen LogP contribution in [0.5, 0.6) is 0 Å². The van der Waals surface area contributed by atoms with Gasteiger partial charge in [0.1, 0.15) is 5.82 Å². The molecule has 114 valence electrons. The van der Waals surface area contributed by atoms with E-state index in [2.05, 4.69) is 43.2 Å². The molecule has 0 amide bonds. The Bertz CT molecular complexity index is 610. The van der Waals surface area contributed by atoms with Gasteiger partial charge in [0.2, 0.25) is 0 Å². The van der Waals surface area contributed by atoms with Crippen LogP contribution < -0.4 is 10.2 Å². The molecule has 2 aromatic rings. The molecule has 21 heavy (non-hydrogen) atoms. The van der Waals surface area contributed by atoms with Crippen molar-refractivity contribution in [3.8, 4) is 0 Å². The lowest BCUT2D eigenvalue weighted by Crippen LogP contribution is -2.22. The van der Waals surface area contributed by atoms with E-state index in [0.717, 1.165) is 35.5 Å². The third-order valence-electron chi connectivity index (χ3n) is 3.39. The van der Waals surface area contributed by atoms with Crippen LogP contribution in [0.15, 0.2) is 18.2 Å². The summed E-state index contributed by atoms with van der Waals surface area (Å²) in [5.41, 5.74) is 3.61. The van der Waals surface area contributed by atoms with Crippen molar-refractivity contribution in [2.45, 2.75) is 33.9 Å². The highest BCUT2D eigenvalue weighted by Gasteiger charge is 2.13. The Morgan fingerprint density at radius 3 is 2.71 bits per heavy atom. The van der Waals surface area contributed by atoms with Crippen LogP contribution in [0.25, 0.3) is 0 Å². The Morgan fingerprint density at radius 1 is 1.33 bits per heavy atom. The SMILES string of the molecule is CCNCc1c(C)cc(C)nc1N(C)Cc1ccc(Cl)s1. The van der Waals surface area contributed by atoms with Crippen LogP contribution in [-0.2, 0) is 13.1 Å².